The van der Waals surface area contributed by atoms with Gasteiger partial charge in [0, 0.05) is 23.8 Å². The van der Waals surface area contributed by atoms with Gasteiger partial charge in [0.05, 0.1) is 43.3 Å². The molecule has 1 aromatic heterocycles. The lowest BCUT2D eigenvalue weighted by molar-refractivity contribution is 0.0928. The van der Waals surface area contributed by atoms with Crippen LogP contribution in [-0.4, -0.2) is 41.3 Å². The molecule has 122 valence electrons. The summed E-state index contributed by atoms with van der Waals surface area (Å²) >= 11 is 0. The van der Waals surface area contributed by atoms with Crippen molar-refractivity contribution in [1.82, 2.24) is 15.1 Å². The molecule has 1 unspecified atom stereocenters. The summed E-state index contributed by atoms with van der Waals surface area (Å²) < 4.78 is 7.11. The summed E-state index contributed by atoms with van der Waals surface area (Å²) in [4.78, 5) is 0. The van der Waals surface area contributed by atoms with E-state index in [0.29, 0.717) is 25.3 Å². The number of rotatable bonds is 8. The van der Waals surface area contributed by atoms with Crippen molar-refractivity contribution in [1.29, 1.82) is 5.26 Å². The Morgan fingerprint density at radius 2 is 2.09 bits per heavy atom. The topological polar surface area (TPSA) is 83.1 Å². The van der Waals surface area contributed by atoms with Crippen LogP contribution in [0.15, 0.2) is 30.5 Å². The lowest BCUT2D eigenvalue weighted by Crippen LogP contribution is -2.24. The number of nitrogens with one attached hydrogen (secondary N) is 1. The van der Waals surface area contributed by atoms with Crippen molar-refractivity contribution >= 4 is 0 Å². The zero-order valence-corrected chi connectivity index (χ0v) is 13.5. The van der Waals surface area contributed by atoms with Crippen LogP contribution in [0.25, 0.3) is 5.69 Å². The first kappa shape index (κ1) is 17.2. The van der Waals surface area contributed by atoms with Gasteiger partial charge in [-0.15, -0.1) is 0 Å². The minimum absolute atomic E-state index is 0.0476. The largest absolute Gasteiger partial charge is 0.394 e. The molecule has 2 aromatic rings. The molecule has 0 spiro atoms. The molecule has 0 fully saturated rings. The van der Waals surface area contributed by atoms with Gasteiger partial charge in [0.15, 0.2) is 0 Å². The second kappa shape index (κ2) is 8.44. The third-order valence-electron chi connectivity index (χ3n) is 3.69. The molecule has 0 aliphatic heterocycles. The Labute approximate surface area is 136 Å². The highest BCUT2D eigenvalue weighted by molar-refractivity contribution is 5.40. The molecule has 1 aromatic carbocycles. The average molecular weight is 314 g/mol. The fourth-order valence-electron chi connectivity index (χ4n) is 2.41. The first-order valence-electron chi connectivity index (χ1n) is 7.64. The number of aliphatic hydroxyl groups excluding tert-OH is 1. The van der Waals surface area contributed by atoms with E-state index < -0.39 is 0 Å². The van der Waals surface area contributed by atoms with E-state index >= 15 is 0 Å². The van der Waals surface area contributed by atoms with E-state index in [9.17, 15) is 0 Å². The van der Waals surface area contributed by atoms with Gasteiger partial charge in [-0.05, 0) is 38.1 Å². The van der Waals surface area contributed by atoms with Crippen molar-refractivity contribution in [2.45, 2.75) is 19.9 Å². The number of aliphatic hydroxyl groups is 1. The highest BCUT2D eigenvalue weighted by Crippen LogP contribution is 2.20. The molecule has 0 aliphatic carbocycles. The fourth-order valence-corrected chi connectivity index (χ4v) is 2.41. The molecule has 2 rings (SSSR count). The van der Waals surface area contributed by atoms with E-state index in [1.807, 2.05) is 29.9 Å². The van der Waals surface area contributed by atoms with Gasteiger partial charge in [0.2, 0.25) is 0 Å². The molecule has 0 radical (unpaired) electrons. The van der Waals surface area contributed by atoms with Crippen LogP contribution in [0.4, 0.5) is 0 Å². The first-order valence-corrected chi connectivity index (χ1v) is 7.64. The Kier molecular flexibility index (Phi) is 6.29. The van der Waals surface area contributed by atoms with Gasteiger partial charge >= 0.3 is 0 Å². The molecule has 0 aliphatic rings. The second-order valence-corrected chi connectivity index (χ2v) is 5.27. The van der Waals surface area contributed by atoms with E-state index in [4.69, 9.17) is 15.1 Å². The van der Waals surface area contributed by atoms with Crippen LogP contribution < -0.4 is 5.32 Å². The molecule has 1 atom stereocenters. The van der Waals surface area contributed by atoms with Crippen molar-refractivity contribution < 1.29 is 9.84 Å². The predicted octanol–water partition coefficient (Wildman–Crippen LogP) is 1.71. The molecule has 6 nitrogen and oxygen atoms in total. The summed E-state index contributed by atoms with van der Waals surface area (Å²) in [7, 11) is 0. The number of nitrogens with zero attached hydrogens (tertiary/aromatic N) is 3. The van der Waals surface area contributed by atoms with Crippen molar-refractivity contribution in [2.24, 2.45) is 0 Å². The van der Waals surface area contributed by atoms with Crippen LogP contribution in [0.1, 0.15) is 29.8 Å². The zero-order chi connectivity index (χ0) is 16.7. The van der Waals surface area contributed by atoms with Crippen LogP contribution in [-0.2, 0) is 4.74 Å². The third-order valence-corrected chi connectivity index (χ3v) is 3.69. The number of hydrogen-bond acceptors (Lipinski definition) is 5. The van der Waals surface area contributed by atoms with E-state index in [0.717, 1.165) is 16.9 Å². The maximum Gasteiger partial charge on any atom is 0.0991 e. The Morgan fingerprint density at radius 3 is 2.74 bits per heavy atom. The van der Waals surface area contributed by atoms with Gasteiger partial charge < -0.3 is 15.2 Å². The van der Waals surface area contributed by atoms with Crippen LogP contribution in [0.5, 0.6) is 0 Å². The highest BCUT2D eigenvalue weighted by Gasteiger charge is 2.13. The van der Waals surface area contributed by atoms with E-state index in [1.54, 1.807) is 12.1 Å². The smallest absolute Gasteiger partial charge is 0.0991 e. The molecule has 0 saturated heterocycles. The summed E-state index contributed by atoms with van der Waals surface area (Å²) in [6.07, 6.45) is 1.86. The number of ether oxygens (including phenoxy) is 1. The fraction of sp³-hybridized carbons (Fsp3) is 0.412. The quantitative estimate of drug-likeness (QED) is 0.725. The van der Waals surface area contributed by atoms with E-state index in [2.05, 4.69) is 23.4 Å². The van der Waals surface area contributed by atoms with Gasteiger partial charge in [-0.1, -0.05) is 0 Å². The predicted molar refractivity (Wildman–Crippen MR) is 87.3 cm³/mol. The third kappa shape index (κ3) is 4.39. The van der Waals surface area contributed by atoms with Gasteiger partial charge in [0.1, 0.15) is 0 Å². The average Bonchev–Trinajstić information content (AvgIpc) is 2.96. The van der Waals surface area contributed by atoms with Crippen molar-refractivity contribution in [3.63, 3.8) is 0 Å². The Morgan fingerprint density at radius 1 is 1.35 bits per heavy atom. The van der Waals surface area contributed by atoms with Gasteiger partial charge in [-0.3, -0.25) is 0 Å². The summed E-state index contributed by atoms with van der Waals surface area (Å²) in [5.74, 6) is 0. The normalized spacial score (nSPS) is 12.1. The maximum atomic E-state index is 8.86. The van der Waals surface area contributed by atoms with Crippen LogP contribution in [0.3, 0.4) is 0 Å². The van der Waals surface area contributed by atoms with Gasteiger partial charge in [-0.25, -0.2) is 4.68 Å². The van der Waals surface area contributed by atoms with Gasteiger partial charge in [-0.2, -0.15) is 10.4 Å². The van der Waals surface area contributed by atoms with Crippen LogP contribution in [0.2, 0.25) is 0 Å². The molecule has 23 heavy (non-hydrogen) atoms. The molecular weight excluding hydrogens is 292 g/mol. The Hall–Kier alpha value is -2.20. The monoisotopic (exact) mass is 314 g/mol. The minimum Gasteiger partial charge on any atom is -0.394 e. The van der Waals surface area contributed by atoms with E-state index in [1.165, 1.54) is 0 Å². The van der Waals surface area contributed by atoms with Gasteiger partial charge in [0.25, 0.3) is 0 Å². The number of hydrogen-bond donors (Lipinski definition) is 2. The lowest BCUT2D eigenvalue weighted by Gasteiger charge is -2.14. The van der Waals surface area contributed by atoms with Crippen molar-refractivity contribution in [3.8, 4) is 11.8 Å². The number of aromatic nitrogens is 2. The summed E-state index contributed by atoms with van der Waals surface area (Å²) in [6.45, 7) is 5.80. The SMILES string of the molecule is Cc1c(C(C)NCCOCCO)cnn1-c1ccc(C#N)cc1. The Balaban J connectivity index is 2.01. The van der Waals surface area contributed by atoms with Crippen LogP contribution in [0, 0.1) is 18.3 Å². The molecule has 0 saturated carbocycles. The van der Waals surface area contributed by atoms with Crippen molar-refractivity contribution in [3.05, 3.63) is 47.3 Å². The lowest BCUT2D eigenvalue weighted by atomic mass is 10.1. The Bertz CT molecular complexity index is 658. The summed E-state index contributed by atoms with van der Waals surface area (Å²) in [6, 6.07) is 9.63. The molecule has 0 amide bonds. The summed E-state index contributed by atoms with van der Waals surface area (Å²) in [5.41, 5.74) is 3.76. The highest BCUT2D eigenvalue weighted by atomic mass is 16.5. The molecule has 1 heterocycles. The summed E-state index contributed by atoms with van der Waals surface area (Å²) in [5, 5.41) is 25.3. The molecular formula is C17H22N4O2. The minimum atomic E-state index is 0.0476. The van der Waals surface area contributed by atoms with Crippen LogP contribution >= 0.6 is 0 Å². The van der Waals surface area contributed by atoms with E-state index in [-0.39, 0.29) is 12.6 Å². The number of benzene rings is 1. The molecule has 6 heteroatoms. The first-order chi connectivity index (χ1) is 11.2. The molecule has 2 N–H and O–H groups in total. The maximum absolute atomic E-state index is 8.86. The molecule has 0 bridgehead atoms. The van der Waals surface area contributed by atoms with Crippen molar-refractivity contribution in [2.75, 3.05) is 26.4 Å². The standard InChI is InChI=1S/C17H22N4O2/c1-13(19-7-9-23-10-8-22)17-12-20-21(14(17)2)16-5-3-15(11-18)4-6-16/h3-6,12-13,19,22H,7-10H2,1-2H3. The zero-order valence-electron chi connectivity index (χ0n) is 13.5. The number of nitriles is 1. The second-order valence-electron chi connectivity index (χ2n) is 5.27.